The molecule has 1 heterocycles. The van der Waals surface area contributed by atoms with Crippen LogP contribution in [0.1, 0.15) is 30.9 Å². The number of carbonyl (C=O) groups is 3. The molecule has 0 spiro atoms. The Morgan fingerprint density at radius 1 is 1.30 bits per heavy atom. The molecule has 20 heavy (non-hydrogen) atoms. The van der Waals surface area contributed by atoms with Crippen molar-refractivity contribution in [1.29, 1.82) is 0 Å². The van der Waals surface area contributed by atoms with Gasteiger partial charge in [0.25, 0.3) is 0 Å². The molecule has 0 bridgehead atoms. The van der Waals surface area contributed by atoms with E-state index in [2.05, 4.69) is 0 Å². The van der Waals surface area contributed by atoms with E-state index >= 15 is 0 Å². The SMILES string of the molecule is CC(=O)CC[C@]1(Cc2ccccc2C)C(=O)COC1=O. The molecule has 0 unspecified atom stereocenters. The molecule has 1 fully saturated rings. The van der Waals surface area contributed by atoms with Crippen LogP contribution in [0.4, 0.5) is 0 Å². The number of cyclic esters (lactones) is 1. The predicted octanol–water partition coefficient (Wildman–Crippen LogP) is 2.02. The zero-order valence-electron chi connectivity index (χ0n) is 11.8. The lowest BCUT2D eigenvalue weighted by Crippen LogP contribution is -2.36. The van der Waals surface area contributed by atoms with Crippen LogP contribution in [0.25, 0.3) is 0 Å². The minimum Gasteiger partial charge on any atom is -0.457 e. The second kappa shape index (κ2) is 5.57. The van der Waals surface area contributed by atoms with Gasteiger partial charge in [0.2, 0.25) is 0 Å². The van der Waals surface area contributed by atoms with E-state index in [0.29, 0.717) is 6.42 Å². The summed E-state index contributed by atoms with van der Waals surface area (Å²) in [5.74, 6) is -0.735. The molecule has 2 rings (SSSR count). The van der Waals surface area contributed by atoms with E-state index in [0.717, 1.165) is 11.1 Å². The van der Waals surface area contributed by atoms with Crippen molar-refractivity contribution in [2.45, 2.75) is 33.1 Å². The maximum atomic E-state index is 12.2. The van der Waals surface area contributed by atoms with E-state index in [1.807, 2.05) is 31.2 Å². The van der Waals surface area contributed by atoms with Crippen LogP contribution in [0.2, 0.25) is 0 Å². The number of ether oxygens (including phenoxy) is 1. The second-order valence-electron chi connectivity index (χ2n) is 5.39. The first-order chi connectivity index (χ1) is 9.45. The van der Waals surface area contributed by atoms with Gasteiger partial charge in [-0.3, -0.25) is 9.59 Å². The quantitative estimate of drug-likeness (QED) is 0.609. The molecule has 4 heteroatoms. The van der Waals surface area contributed by atoms with Gasteiger partial charge in [0.1, 0.15) is 11.2 Å². The zero-order valence-corrected chi connectivity index (χ0v) is 11.8. The molecule has 1 aromatic carbocycles. The van der Waals surface area contributed by atoms with Crippen LogP contribution >= 0.6 is 0 Å². The van der Waals surface area contributed by atoms with Crippen molar-refractivity contribution >= 4 is 17.5 Å². The Hall–Kier alpha value is -1.97. The van der Waals surface area contributed by atoms with Gasteiger partial charge in [-0.15, -0.1) is 0 Å². The standard InChI is InChI=1S/C16H18O4/c1-11-5-3-4-6-13(11)9-16(8-7-12(2)17)14(18)10-20-15(16)19/h3-6H,7-10H2,1-2H3/t16-/m0/s1. The van der Waals surface area contributed by atoms with Crippen molar-refractivity contribution in [3.8, 4) is 0 Å². The summed E-state index contributed by atoms with van der Waals surface area (Å²) in [6.07, 6.45) is 0.756. The minimum absolute atomic E-state index is 0.0262. The normalized spacial score (nSPS) is 21.9. The largest absolute Gasteiger partial charge is 0.457 e. The van der Waals surface area contributed by atoms with Gasteiger partial charge < -0.3 is 9.53 Å². The molecule has 0 aromatic heterocycles. The Labute approximate surface area is 118 Å². The predicted molar refractivity (Wildman–Crippen MR) is 73.2 cm³/mol. The Balaban J connectivity index is 2.32. The fraction of sp³-hybridized carbons (Fsp3) is 0.438. The van der Waals surface area contributed by atoms with Gasteiger partial charge in [0, 0.05) is 6.42 Å². The van der Waals surface area contributed by atoms with Crippen LogP contribution < -0.4 is 0 Å². The number of carbonyl (C=O) groups excluding carboxylic acids is 3. The minimum atomic E-state index is -1.18. The zero-order chi connectivity index (χ0) is 14.8. The third-order valence-electron chi connectivity index (χ3n) is 3.92. The highest BCUT2D eigenvalue weighted by molar-refractivity contribution is 6.09. The van der Waals surface area contributed by atoms with E-state index in [4.69, 9.17) is 4.74 Å². The van der Waals surface area contributed by atoms with Gasteiger partial charge >= 0.3 is 5.97 Å². The highest BCUT2D eigenvalue weighted by Gasteiger charge is 2.51. The van der Waals surface area contributed by atoms with Gasteiger partial charge in [-0.2, -0.15) is 0 Å². The monoisotopic (exact) mass is 274 g/mol. The average Bonchev–Trinajstić information content (AvgIpc) is 2.68. The smallest absolute Gasteiger partial charge is 0.320 e. The van der Waals surface area contributed by atoms with E-state index < -0.39 is 11.4 Å². The summed E-state index contributed by atoms with van der Waals surface area (Å²) in [6, 6.07) is 7.64. The average molecular weight is 274 g/mol. The lowest BCUT2D eigenvalue weighted by atomic mass is 9.74. The molecule has 1 aliphatic heterocycles. The number of ketones is 2. The lowest BCUT2D eigenvalue weighted by Gasteiger charge is -2.23. The summed E-state index contributed by atoms with van der Waals surface area (Å²) in [6.45, 7) is 3.23. The molecule has 106 valence electrons. The Bertz CT molecular complexity index is 543. The maximum absolute atomic E-state index is 12.2. The van der Waals surface area contributed by atoms with Crippen molar-refractivity contribution in [2.24, 2.45) is 5.41 Å². The molecule has 1 saturated heterocycles. The summed E-state index contributed by atoms with van der Waals surface area (Å²) >= 11 is 0. The maximum Gasteiger partial charge on any atom is 0.320 e. The van der Waals surface area contributed by atoms with Crippen LogP contribution in [0.5, 0.6) is 0 Å². The van der Waals surface area contributed by atoms with Gasteiger partial charge in [0.15, 0.2) is 12.4 Å². The number of Topliss-reactive ketones (excluding diaryl/α,β-unsaturated/α-hetero) is 2. The van der Waals surface area contributed by atoms with Crippen LogP contribution in [0.15, 0.2) is 24.3 Å². The Morgan fingerprint density at radius 3 is 2.55 bits per heavy atom. The fourth-order valence-electron chi connectivity index (χ4n) is 2.54. The number of benzene rings is 1. The molecule has 1 aliphatic rings. The van der Waals surface area contributed by atoms with Gasteiger partial charge in [-0.05, 0) is 37.8 Å². The lowest BCUT2D eigenvalue weighted by molar-refractivity contribution is -0.147. The van der Waals surface area contributed by atoms with Crippen molar-refractivity contribution < 1.29 is 19.1 Å². The summed E-state index contributed by atoms with van der Waals surface area (Å²) in [5.41, 5.74) is 0.795. The molecule has 1 aromatic rings. The second-order valence-corrected chi connectivity index (χ2v) is 5.39. The summed E-state index contributed by atoms with van der Waals surface area (Å²) in [5, 5.41) is 0. The molecule has 4 nitrogen and oxygen atoms in total. The third-order valence-corrected chi connectivity index (χ3v) is 3.92. The molecule has 0 radical (unpaired) electrons. The Morgan fingerprint density at radius 2 is 2.00 bits per heavy atom. The first kappa shape index (κ1) is 14.4. The molecule has 0 aliphatic carbocycles. The molecule has 0 amide bonds. The molecule has 1 atom stereocenters. The molecular weight excluding hydrogens is 256 g/mol. The van der Waals surface area contributed by atoms with E-state index in [1.54, 1.807) is 0 Å². The van der Waals surface area contributed by atoms with E-state index in [9.17, 15) is 14.4 Å². The van der Waals surface area contributed by atoms with Crippen molar-refractivity contribution in [3.63, 3.8) is 0 Å². The highest BCUT2D eigenvalue weighted by Crippen LogP contribution is 2.36. The van der Waals surface area contributed by atoms with E-state index in [-0.39, 0.29) is 31.0 Å². The number of hydrogen-bond acceptors (Lipinski definition) is 4. The van der Waals surface area contributed by atoms with Crippen LogP contribution in [-0.4, -0.2) is 24.1 Å². The first-order valence-corrected chi connectivity index (χ1v) is 6.70. The van der Waals surface area contributed by atoms with E-state index in [1.165, 1.54) is 6.92 Å². The van der Waals surface area contributed by atoms with Crippen LogP contribution in [-0.2, 0) is 25.5 Å². The van der Waals surface area contributed by atoms with Crippen molar-refractivity contribution in [3.05, 3.63) is 35.4 Å². The van der Waals surface area contributed by atoms with Crippen LogP contribution in [0.3, 0.4) is 0 Å². The van der Waals surface area contributed by atoms with Crippen LogP contribution in [0, 0.1) is 12.3 Å². The van der Waals surface area contributed by atoms with Gasteiger partial charge in [-0.25, -0.2) is 0 Å². The van der Waals surface area contributed by atoms with Gasteiger partial charge in [0.05, 0.1) is 0 Å². The topological polar surface area (TPSA) is 60.4 Å². The highest BCUT2D eigenvalue weighted by atomic mass is 16.5. The van der Waals surface area contributed by atoms with Crippen molar-refractivity contribution in [2.75, 3.05) is 6.61 Å². The molecule has 0 N–H and O–H groups in total. The van der Waals surface area contributed by atoms with Crippen molar-refractivity contribution in [1.82, 2.24) is 0 Å². The molecule has 0 saturated carbocycles. The first-order valence-electron chi connectivity index (χ1n) is 6.70. The molecular formula is C16H18O4. The summed E-state index contributed by atoms with van der Waals surface area (Å²) < 4.78 is 4.93. The van der Waals surface area contributed by atoms with Gasteiger partial charge in [-0.1, -0.05) is 24.3 Å². The number of aryl methyl sites for hydroxylation is 1. The fourth-order valence-corrected chi connectivity index (χ4v) is 2.54. The summed E-state index contributed by atoms with van der Waals surface area (Å²) in [7, 11) is 0. The number of esters is 1. The number of rotatable bonds is 5. The Kier molecular flexibility index (Phi) is 4.02. The number of hydrogen-bond donors (Lipinski definition) is 0. The summed E-state index contributed by atoms with van der Waals surface area (Å²) in [4.78, 5) is 35.5. The third kappa shape index (κ3) is 2.64.